The Balaban J connectivity index is 2.87. The summed E-state index contributed by atoms with van der Waals surface area (Å²) >= 11 is 1.77. The standard InChI is InChI=1S/C12H16N2O2S/c1-14(8-9-17-2)12-10(4-3-7-13-12)5-6-11(15)16/h3-7H,8-9H2,1-2H3,(H,15,16)/b6-5+. The minimum atomic E-state index is -0.952. The highest BCUT2D eigenvalue weighted by atomic mass is 32.2. The van der Waals surface area contributed by atoms with Gasteiger partial charge in [0.1, 0.15) is 5.82 Å². The fourth-order valence-corrected chi connectivity index (χ4v) is 1.81. The molecule has 0 saturated heterocycles. The molecule has 0 aliphatic carbocycles. The summed E-state index contributed by atoms with van der Waals surface area (Å²) in [5.41, 5.74) is 0.818. The maximum absolute atomic E-state index is 10.5. The van der Waals surface area contributed by atoms with E-state index in [2.05, 4.69) is 11.2 Å². The van der Waals surface area contributed by atoms with E-state index < -0.39 is 5.97 Å². The van der Waals surface area contributed by atoms with Gasteiger partial charge in [0.05, 0.1) is 0 Å². The predicted octanol–water partition coefficient (Wildman–Crippen LogP) is 1.98. The van der Waals surface area contributed by atoms with Crippen LogP contribution >= 0.6 is 11.8 Å². The molecule has 0 aromatic carbocycles. The molecule has 0 aliphatic heterocycles. The van der Waals surface area contributed by atoms with Gasteiger partial charge in [-0.15, -0.1) is 0 Å². The molecule has 5 heteroatoms. The van der Waals surface area contributed by atoms with Crippen molar-refractivity contribution in [1.82, 2.24) is 4.98 Å². The predicted molar refractivity (Wildman–Crippen MR) is 72.6 cm³/mol. The zero-order valence-corrected chi connectivity index (χ0v) is 10.8. The van der Waals surface area contributed by atoms with Gasteiger partial charge in [-0.1, -0.05) is 0 Å². The van der Waals surface area contributed by atoms with Crippen LogP contribution in [0.25, 0.3) is 6.08 Å². The van der Waals surface area contributed by atoms with Crippen LogP contribution in [0.3, 0.4) is 0 Å². The first-order valence-electron chi connectivity index (χ1n) is 5.21. The molecule has 0 amide bonds. The average Bonchev–Trinajstić information content (AvgIpc) is 2.33. The second-order valence-corrected chi connectivity index (χ2v) is 4.49. The number of carboxylic acid groups (broad SMARTS) is 1. The number of rotatable bonds is 6. The van der Waals surface area contributed by atoms with Gasteiger partial charge in [-0.3, -0.25) is 0 Å². The fraction of sp³-hybridized carbons (Fsp3) is 0.333. The van der Waals surface area contributed by atoms with Crippen LogP contribution in [0.4, 0.5) is 5.82 Å². The number of hydrogen-bond acceptors (Lipinski definition) is 4. The molecule has 0 aliphatic rings. The Morgan fingerprint density at radius 3 is 3.06 bits per heavy atom. The summed E-state index contributed by atoms with van der Waals surface area (Å²) < 4.78 is 0. The van der Waals surface area contributed by atoms with Crippen molar-refractivity contribution in [3.63, 3.8) is 0 Å². The van der Waals surface area contributed by atoms with Gasteiger partial charge < -0.3 is 10.0 Å². The van der Waals surface area contributed by atoms with E-state index in [1.165, 1.54) is 0 Å². The van der Waals surface area contributed by atoms with Crippen molar-refractivity contribution in [3.8, 4) is 0 Å². The van der Waals surface area contributed by atoms with Crippen molar-refractivity contribution in [2.45, 2.75) is 0 Å². The third-order valence-electron chi connectivity index (χ3n) is 2.21. The second kappa shape index (κ2) is 6.96. The summed E-state index contributed by atoms with van der Waals surface area (Å²) in [6, 6.07) is 3.66. The number of anilines is 1. The molecule has 1 aromatic rings. The van der Waals surface area contributed by atoms with Crippen LogP contribution in [0, 0.1) is 0 Å². The summed E-state index contributed by atoms with van der Waals surface area (Å²) in [4.78, 5) is 16.8. The molecule has 1 rings (SSSR count). The zero-order valence-electron chi connectivity index (χ0n) is 9.96. The number of pyridine rings is 1. The third kappa shape index (κ3) is 4.48. The van der Waals surface area contributed by atoms with Crippen LogP contribution in [-0.4, -0.2) is 41.7 Å². The van der Waals surface area contributed by atoms with E-state index in [9.17, 15) is 4.79 Å². The van der Waals surface area contributed by atoms with Crippen molar-refractivity contribution in [1.29, 1.82) is 0 Å². The average molecular weight is 252 g/mol. The Morgan fingerprint density at radius 1 is 1.65 bits per heavy atom. The van der Waals surface area contributed by atoms with Crippen LogP contribution in [0.15, 0.2) is 24.4 Å². The normalized spacial score (nSPS) is 10.7. The molecule has 1 heterocycles. The number of nitrogens with zero attached hydrogens (tertiary/aromatic N) is 2. The lowest BCUT2D eigenvalue weighted by molar-refractivity contribution is -0.131. The molecule has 0 spiro atoms. The first-order valence-corrected chi connectivity index (χ1v) is 6.60. The fourth-order valence-electron chi connectivity index (χ4n) is 1.35. The Labute approximate surface area is 105 Å². The molecule has 4 nitrogen and oxygen atoms in total. The molecule has 0 atom stereocenters. The monoisotopic (exact) mass is 252 g/mol. The van der Waals surface area contributed by atoms with Gasteiger partial charge in [-0.2, -0.15) is 11.8 Å². The van der Waals surface area contributed by atoms with Gasteiger partial charge in [0, 0.05) is 37.2 Å². The molecule has 17 heavy (non-hydrogen) atoms. The van der Waals surface area contributed by atoms with E-state index in [0.717, 1.165) is 29.8 Å². The molecular formula is C12H16N2O2S. The molecule has 92 valence electrons. The molecule has 0 radical (unpaired) electrons. The molecule has 0 saturated carbocycles. The quantitative estimate of drug-likeness (QED) is 0.785. The van der Waals surface area contributed by atoms with Gasteiger partial charge in [0.15, 0.2) is 0 Å². The minimum absolute atomic E-state index is 0.805. The van der Waals surface area contributed by atoms with Crippen LogP contribution in [-0.2, 0) is 4.79 Å². The Morgan fingerprint density at radius 2 is 2.41 bits per heavy atom. The van der Waals surface area contributed by atoms with Crippen LogP contribution in [0.1, 0.15) is 5.56 Å². The zero-order chi connectivity index (χ0) is 12.7. The number of aromatic nitrogens is 1. The highest BCUT2D eigenvalue weighted by molar-refractivity contribution is 7.98. The molecule has 0 fully saturated rings. The molecule has 0 unspecified atom stereocenters. The summed E-state index contributed by atoms with van der Waals surface area (Å²) in [7, 11) is 1.96. The molecule has 1 aromatic heterocycles. The highest BCUT2D eigenvalue weighted by Gasteiger charge is 2.06. The Hall–Kier alpha value is -1.49. The largest absolute Gasteiger partial charge is 0.478 e. The maximum Gasteiger partial charge on any atom is 0.328 e. The van der Waals surface area contributed by atoms with E-state index in [-0.39, 0.29) is 0 Å². The van der Waals surface area contributed by atoms with Gasteiger partial charge in [0.2, 0.25) is 0 Å². The number of carbonyl (C=O) groups is 1. The molecular weight excluding hydrogens is 236 g/mol. The number of hydrogen-bond donors (Lipinski definition) is 1. The van der Waals surface area contributed by atoms with Crippen molar-refractivity contribution in [2.75, 3.05) is 30.5 Å². The summed E-state index contributed by atoms with van der Waals surface area (Å²) in [6.07, 6.45) is 6.46. The van der Waals surface area contributed by atoms with Crippen molar-refractivity contribution < 1.29 is 9.90 Å². The maximum atomic E-state index is 10.5. The Kier molecular flexibility index (Phi) is 5.56. The smallest absolute Gasteiger partial charge is 0.328 e. The van der Waals surface area contributed by atoms with Crippen LogP contribution in [0.5, 0.6) is 0 Å². The van der Waals surface area contributed by atoms with Crippen molar-refractivity contribution in [2.24, 2.45) is 0 Å². The second-order valence-electron chi connectivity index (χ2n) is 3.50. The number of aliphatic carboxylic acids is 1. The van der Waals surface area contributed by atoms with E-state index in [1.54, 1.807) is 30.1 Å². The van der Waals surface area contributed by atoms with E-state index in [0.29, 0.717) is 0 Å². The van der Waals surface area contributed by atoms with Crippen molar-refractivity contribution >= 4 is 29.6 Å². The highest BCUT2D eigenvalue weighted by Crippen LogP contribution is 2.17. The van der Waals surface area contributed by atoms with Crippen molar-refractivity contribution in [3.05, 3.63) is 30.0 Å². The first-order chi connectivity index (χ1) is 8.15. The summed E-state index contributed by atoms with van der Waals surface area (Å²) in [5.74, 6) is 0.862. The lowest BCUT2D eigenvalue weighted by Crippen LogP contribution is -2.22. The van der Waals surface area contributed by atoms with E-state index >= 15 is 0 Å². The van der Waals surface area contributed by atoms with E-state index in [4.69, 9.17) is 5.11 Å². The van der Waals surface area contributed by atoms with Gasteiger partial charge in [-0.25, -0.2) is 9.78 Å². The minimum Gasteiger partial charge on any atom is -0.478 e. The number of thioether (sulfide) groups is 1. The van der Waals surface area contributed by atoms with Crippen LogP contribution < -0.4 is 4.90 Å². The van der Waals surface area contributed by atoms with Crippen LogP contribution in [0.2, 0.25) is 0 Å². The third-order valence-corrected chi connectivity index (χ3v) is 2.81. The van der Waals surface area contributed by atoms with Gasteiger partial charge in [0.25, 0.3) is 0 Å². The Bertz CT molecular complexity index is 407. The lowest BCUT2D eigenvalue weighted by atomic mass is 10.2. The van der Waals surface area contributed by atoms with E-state index in [1.807, 2.05) is 18.0 Å². The summed E-state index contributed by atoms with van der Waals surface area (Å²) in [5, 5.41) is 8.62. The molecule has 0 bridgehead atoms. The first kappa shape index (κ1) is 13.6. The SMILES string of the molecule is CSCCN(C)c1ncccc1/C=C/C(=O)O. The summed E-state index contributed by atoms with van der Waals surface area (Å²) in [6.45, 7) is 0.881. The lowest BCUT2D eigenvalue weighted by Gasteiger charge is -2.19. The van der Waals surface area contributed by atoms with Gasteiger partial charge in [-0.05, 0) is 24.5 Å². The number of carboxylic acids is 1. The van der Waals surface area contributed by atoms with Gasteiger partial charge >= 0.3 is 5.97 Å². The molecule has 1 N–H and O–H groups in total. The topological polar surface area (TPSA) is 53.4 Å².